The van der Waals surface area contributed by atoms with Crippen LogP contribution in [0.15, 0.2) is 5.11 Å². The van der Waals surface area contributed by atoms with Crippen molar-refractivity contribution in [3.63, 3.8) is 0 Å². The van der Waals surface area contributed by atoms with Gasteiger partial charge in [0.25, 0.3) is 0 Å². The highest BCUT2D eigenvalue weighted by molar-refractivity contribution is 4.45. The summed E-state index contributed by atoms with van der Waals surface area (Å²) in [6.07, 6.45) is -4.30. The molecule has 0 aromatic carbocycles. The van der Waals surface area contributed by atoms with Crippen LogP contribution in [-0.4, -0.2) is 65.6 Å². The Morgan fingerprint density at radius 3 is 1.70 bits per heavy atom. The number of ether oxygens (including phenoxy) is 4. The average molecular weight is 301 g/mol. The second-order valence-electron chi connectivity index (χ2n) is 3.46. The van der Waals surface area contributed by atoms with Crippen LogP contribution in [0.4, 0.5) is 13.2 Å². The Morgan fingerprint density at radius 2 is 1.25 bits per heavy atom. The minimum Gasteiger partial charge on any atom is -0.379 e. The fourth-order valence-electron chi connectivity index (χ4n) is 0.998. The Morgan fingerprint density at radius 1 is 0.800 bits per heavy atom. The Hall–Kier alpha value is -1.06. The Bertz CT molecular complexity index is 273. The van der Waals surface area contributed by atoms with E-state index >= 15 is 0 Å². The van der Waals surface area contributed by atoms with Crippen molar-refractivity contribution in [1.29, 1.82) is 0 Å². The Balaban J connectivity index is 3.04. The van der Waals surface area contributed by atoms with Crippen molar-refractivity contribution in [2.75, 3.05) is 59.4 Å². The molecule has 0 aliphatic rings. The van der Waals surface area contributed by atoms with Gasteiger partial charge in [0.1, 0.15) is 6.61 Å². The van der Waals surface area contributed by atoms with Crippen LogP contribution in [0.2, 0.25) is 0 Å². The second-order valence-corrected chi connectivity index (χ2v) is 3.46. The topological polar surface area (TPSA) is 85.7 Å². The molecule has 0 aromatic rings. The molecule has 0 rings (SSSR count). The van der Waals surface area contributed by atoms with E-state index in [1.165, 1.54) is 0 Å². The zero-order chi connectivity index (χ0) is 15.1. The molecule has 0 aromatic heterocycles. The standard InChI is InChI=1S/C10H18F3N3O4/c11-10(12,13)9-20-8-7-19-6-5-18-4-3-17-2-1-15-16-14/h1-9H2. The van der Waals surface area contributed by atoms with Crippen molar-refractivity contribution >= 4 is 0 Å². The smallest absolute Gasteiger partial charge is 0.379 e. The molecule has 0 radical (unpaired) electrons. The number of rotatable bonds is 13. The van der Waals surface area contributed by atoms with Crippen molar-refractivity contribution in [2.24, 2.45) is 5.11 Å². The number of alkyl halides is 3. The van der Waals surface area contributed by atoms with Crippen LogP contribution in [-0.2, 0) is 18.9 Å². The van der Waals surface area contributed by atoms with Gasteiger partial charge in [0.2, 0.25) is 0 Å². The third kappa shape index (κ3) is 16.9. The number of hydrogen-bond acceptors (Lipinski definition) is 5. The van der Waals surface area contributed by atoms with Crippen LogP contribution in [0.5, 0.6) is 0 Å². The number of azide groups is 1. The average Bonchev–Trinajstić information content (AvgIpc) is 2.38. The molecular formula is C10H18F3N3O4. The first-order valence-electron chi connectivity index (χ1n) is 5.95. The lowest BCUT2D eigenvalue weighted by Crippen LogP contribution is -2.19. The number of halogens is 3. The maximum atomic E-state index is 11.7. The van der Waals surface area contributed by atoms with Crippen LogP contribution in [0.1, 0.15) is 0 Å². The predicted octanol–water partition coefficient (Wildman–Crippen LogP) is 1.93. The molecule has 0 atom stereocenters. The molecule has 0 saturated carbocycles. The van der Waals surface area contributed by atoms with Crippen molar-refractivity contribution in [1.82, 2.24) is 0 Å². The summed E-state index contributed by atoms with van der Waals surface area (Å²) in [6.45, 7) is 0.648. The molecule has 0 saturated heterocycles. The monoisotopic (exact) mass is 301 g/mol. The van der Waals surface area contributed by atoms with E-state index in [1.54, 1.807) is 0 Å². The molecule has 0 aliphatic carbocycles. The van der Waals surface area contributed by atoms with E-state index in [-0.39, 0.29) is 26.4 Å². The summed E-state index contributed by atoms with van der Waals surface area (Å²) in [7, 11) is 0. The zero-order valence-electron chi connectivity index (χ0n) is 11.0. The molecule has 0 fully saturated rings. The first kappa shape index (κ1) is 18.9. The van der Waals surface area contributed by atoms with Gasteiger partial charge < -0.3 is 18.9 Å². The van der Waals surface area contributed by atoms with E-state index < -0.39 is 12.8 Å². The lowest BCUT2D eigenvalue weighted by molar-refractivity contribution is -0.176. The van der Waals surface area contributed by atoms with Crippen molar-refractivity contribution in [3.05, 3.63) is 10.4 Å². The summed E-state index contributed by atoms with van der Waals surface area (Å²) < 4.78 is 54.6. The van der Waals surface area contributed by atoms with Gasteiger partial charge in [-0.15, -0.1) is 0 Å². The zero-order valence-corrected chi connectivity index (χ0v) is 11.0. The summed E-state index contributed by atoms with van der Waals surface area (Å²) in [4.78, 5) is 2.56. The quantitative estimate of drug-likeness (QED) is 0.225. The van der Waals surface area contributed by atoms with Gasteiger partial charge in [0, 0.05) is 11.5 Å². The van der Waals surface area contributed by atoms with Gasteiger partial charge in [0.05, 0.1) is 46.2 Å². The second kappa shape index (κ2) is 12.9. The van der Waals surface area contributed by atoms with Crippen molar-refractivity contribution in [2.45, 2.75) is 6.18 Å². The van der Waals surface area contributed by atoms with Gasteiger partial charge in [-0.3, -0.25) is 0 Å². The van der Waals surface area contributed by atoms with Gasteiger partial charge in [-0.1, -0.05) is 5.11 Å². The molecule has 118 valence electrons. The van der Waals surface area contributed by atoms with E-state index in [1.807, 2.05) is 0 Å². The highest BCUT2D eigenvalue weighted by atomic mass is 19.4. The molecule has 0 N–H and O–H groups in total. The molecule has 0 heterocycles. The summed E-state index contributed by atoms with van der Waals surface area (Å²) in [5.74, 6) is 0. The lowest BCUT2D eigenvalue weighted by Gasteiger charge is -2.08. The van der Waals surface area contributed by atoms with Crippen LogP contribution in [0.25, 0.3) is 10.4 Å². The van der Waals surface area contributed by atoms with Crippen molar-refractivity contribution in [3.8, 4) is 0 Å². The molecule has 10 heteroatoms. The van der Waals surface area contributed by atoms with Crippen LogP contribution in [0.3, 0.4) is 0 Å². The maximum Gasteiger partial charge on any atom is 0.411 e. The van der Waals surface area contributed by atoms with Gasteiger partial charge in [-0.2, -0.15) is 13.2 Å². The molecule has 0 amide bonds. The largest absolute Gasteiger partial charge is 0.411 e. The fourth-order valence-corrected chi connectivity index (χ4v) is 0.998. The third-order valence-corrected chi connectivity index (χ3v) is 1.78. The Kier molecular flexibility index (Phi) is 12.3. The van der Waals surface area contributed by atoms with Gasteiger partial charge in [-0.05, 0) is 5.53 Å². The minimum absolute atomic E-state index is 0.0854. The molecule has 0 spiro atoms. The summed E-state index contributed by atoms with van der Waals surface area (Å²) in [5, 5.41) is 3.28. The van der Waals surface area contributed by atoms with E-state index in [0.717, 1.165) is 0 Å². The molecule has 0 unspecified atom stereocenters. The van der Waals surface area contributed by atoms with Crippen molar-refractivity contribution < 1.29 is 32.1 Å². The SMILES string of the molecule is [N-]=[N+]=NCCOCCOCCOCCOCC(F)(F)F. The van der Waals surface area contributed by atoms with Gasteiger partial charge in [-0.25, -0.2) is 0 Å². The number of hydrogen-bond donors (Lipinski definition) is 0. The minimum atomic E-state index is -4.30. The maximum absolute atomic E-state index is 11.7. The van der Waals surface area contributed by atoms with Gasteiger partial charge in [0.15, 0.2) is 0 Å². The third-order valence-electron chi connectivity index (χ3n) is 1.78. The first-order valence-corrected chi connectivity index (χ1v) is 5.95. The van der Waals surface area contributed by atoms with Crippen LogP contribution >= 0.6 is 0 Å². The normalized spacial score (nSPS) is 11.3. The molecule has 0 aliphatic heterocycles. The molecular weight excluding hydrogens is 283 g/mol. The Labute approximate surface area is 114 Å². The van der Waals surface area contributed by atoms with E-state index in [4.69, 9.17) is 19.7 Å². The molecule has 7 nitrogen and oxygen atoms in total. The number of nitrogens with zero attached hydrogens (tertiary/aromatic N) is 3. The molecule has 20 heavy (non-hydrogen) atoms. The highest BCUT2D eigenvalue weighted by Crippen LogP contribution is 2.13. The summed E-state index contributed by atoms with van der Waals surface area (Å²) in [5.41, 5.74) is 7.98. The fraction of sp³-hybridized carbons (Fsp3) is 1.00. The van der Waals surface area contributed by atoms with Gasteiger partial charge >= 0.3 is 6.18 Å². The first-order chi connectivity index (χ1) is 9.56. The molecule has 0 bridgehead atoms. The highest BCUT2D eigenvalue weighted by Gasteiger charge is 2.27. The summed E-state index contributed by atoms with van der Waals surface area (Å²) in [6, 6.07) is 0. The van der Waals surface area contributed by atoms with E-state index in [0.29, 0.717) is 26.4 Å². The predicted molar refractivity (Wildman–Crippen MR) is 63.3 cm³/mol. The summed E-state index contributed by atoms with van der Waals surface area (Å²) >= 11 is 0. The van der Waals surface area contributed by atoms with Crippen LogP contribution in [0, 0.1) is 0 Å². The van der Waals surface area contributed by atoms with E-state index in [2.05, 4.69) is 14.8 Å². The van der Waals surface area contributed by atoms with Crippen LogP contribution < -0.4 is 0 Å². The van der Waals surface area contributed by atoms with E-state index in [9.17, 15) is 13.2 Å². The lowest BCUT2D eigenvalue weighted by atomic mass is 10.6.